The second kappa shape index (κ2) is 2.55. The molecule has 0 heterocycles. The highest BCUT2D eigenvalue weighted by Crippen LogP contribution is 2.10. The third-order valence-corrected chi connectivity index (χ3v) is 1.16. The molecule has 2 heteroatoms. The Balaban J connectivity index is 2.60. The Morgan fingerprint density at radius 2 is 2.62 bits per heavy atom. The first-order chi connectivity index (χ1) is 3.93. The first-order valence-corrected chi connectivity index (χ1v) is 2.74. The molecule has 1 aliphatic rings. The summed E-state index contributed by atoms with van der Waals surface area (Å²) in [5.74, 6) is 5.66. The van der Waals surface area contributed by atoms with E-state index in [1.165, 1.54) is 0 Å². The molecule has 2 N–H and O–H groups in total. The topological polar surface area (TPSA) is 35.2 Å². The van der Waals surface area contributed by atoms with Crippen LogP contribution in [-0.4, -0.2) is 0 Å². The van der Waals surface area contributed by atoms with Crippen LogP contribution in [0.25, 0.3) is 0 Å². The van der Waals surface area contributed by atoms with Gasteiger partial charge in [-0.05, 0) is 18.9 Å². The molecule has 2 nitrogen and oxygen atoms in total. The maximum atomic E-state index is 4.88. The Kier molecular flexibility index (Phi) is 1.73. The van der Waals surface area contributed by atoms with Gasteiger partial charge < -0.3 is 4.84 Å². The summed E-state index contributed by atoms with van der Waals surface area (Å²) in [6.07, 6.45) is 5.13. The lowest BCUT2D eigenvalue weighted by Crippen LogP contribution is -1.99. The predicted octanol–water partition coefficient (Wildman–Crippen LogP) is 1.10. The minimum Gasteiger partial charge on any atom is -0.408 e. The molecule has 8 heavy (non-hydrogen) atoms. The van der Waals surface area contributed by atoms with Crippen LogP contribution in [0.4, 0.5) is 0 Å². The van der Waals surface area contributed by atoms with Crippen molar-refractivity contribution in [2.24, 2.45) is 5.90 Å². The summed E-state index contributed by atoms with van der Waals surface area (Å²) < 4.78 is 0. The normalized spacial score (nSPS) is 17.9. The molecule has 0 amide bonds. The average Bonchev–Trinajstić information content (AvgIpc) is 1.90. The Labute approximate surface area is 48.6 Å². The van der Waals surface area contributed by atoms with Gasteiger partial charge in [-0.15, -0.1) is 0 Å². The van der Waals surface area contributed by atoms with Gasteiger partial charge in [-0.3, -0.25) is 0 Å². The van der Waals surface area contributed by atoms with E-state index in [1.54, 1.807) is 0 Å². The lowest BCUT2D eigenvalue weighted by Gasteiger charge is -2.02. The van der Waals surface area contributed by atoms with Crippen molar-refractivity contribution >= 4 is 0 Å². The van der Waals surface area contributed by atoms with Crippen LogP contribution in [0, 0.1) is 0 Å². The molecule has 0 aromatic carbocycles. The van der Waals surface area contributed by atoms with Crippen molar-refractivity contribution in [3.63, 3.8) is 0 Å². The van der Waals surface area contributed by atoms with Gasteiger partial charge in [0.1, 0.15) is 0 Å². The Morgan fingerprint density at radius 1 is 1.75 bits per heavy atom. The lowest BCUT2D eigenvalue weighted by atomic mass is 10.1. The molecule has 0 aromatic rings. The van der Waals surface area contributed by atoms with Gasteiger partial charge in [0.05, 0.1) is 0 Å². The molecule has 0 unspecified atom stereocenters. The molecular weight excluding hydrogens is 102 g/mol. The van der Waals surface area contributed by atoms with E-state index in [4.69, 9.17) is 5.90 Å². The van der Waals surface area contributed by atoms with Gasteiger partial charge in [0, 0.05) is 6.42 Å². The van der Waals surface area contributed by atoms with Gasteiger partial charge in [-0.2, -0.15) is 5.90 Å². The lowest BCUT2D eigenvalue weighted by molar-refractivity contribution is 0.207. The molecule has 0 bridgehead atoms. The number of allylic oxidation sites excluding steroid dienone is 1. The first-order valence-electron chi connectivity index (χ1n) is 2.74. The Bertz CT molecular complexity index is 133. The van der Waals surface area contributed by atoms with Gasteiger partial charge in [-0.1, -0.05) is 5.73 Å². The molecule has 0 aliphatic heterocycles. The molecule has 0 fully saturated rings. The molecule has 1 aliphatic carbocycles. The fourth-order valence-corrected chi connectivity index (χ4v) is 0.716. The van der Waals surface area contributed by atoms with Crippen molar-refractivity contribution < 1.29 is 4.84 Å². The van der Waals surface area contributed by atoms with Gasteiger partial charge in [0.2, 0.25) is 0 Å². The SMILES string of the molecule is NOC1=C=CCCC1. The summed E-state index contributed by atoms with van der Waals surface area (Å²) in [6, 6.07) is 0. The minimum atomic E-state index is 0.774. The van der Waals surface area contributed by atoms with E-state index in [-0.39, 0.29) is 0 Å². The zero-order chi connectivity index (χ0) is 5.82. The summed E-state index contributed by atoms with van der Waals surface area (Å²) in [5.41, 5.74) is 2.91. The number of hydrogen-bond donors (Lipinski definition) is 1. The van der Waals surface area contributed by atoms with E-state index >= 15 is 0 Å². The highest BCUT2D eigenvalue weighted by atomic mass is 16.6. The summed E-state index contributed by atoms with van der Waals surface area (Å²) in [7, 11) is 0. The maximum absolute atomic E-state index is 4.88. The van der Waals surface area contributed by atoms with Crippen LogP contribution < -0.4 is 5.90 Å². The number of rotatable bonds is 1. The van der Waals surface area contributed by atoms with Crippen LogP contribution in [-0.2, 0) is 4.84 Å². The Morgan fingerprint density at radius 3 is 3.00 bits per heavy atom. The molecule has 0 aromatic heterocycles. The quantitative estimate of drug-likeness (QED) is 0.406. The van der Waals surface area contributed by atoms with Crippen LogP contribution in [0.1, 0.15) is 19.3 Å². The van der Waals surface area contributed by atoms with E-state index in [0.29, 0.717) is 0 Å². The van der Waals surface area contributed by atoms with E-state index in [0.717, 1.165) is 25.0 Å². The third-order valence-electron chi connectivity index (χ3n) is 1.16. The van der Waals surface area contributed by atoms with E-state index in [1.807, 2.05) is 6.08 Å². The van der Waals surface area contributed by atoms with Crippen LogP contribution in [0.5, 0.6) is 0 Å². The standard InChI is InChI=1S/C6H9NO/c7-8-6-4-2-1-3-5-6/h2H,1,3,5,7H2. The molecule has 1 rings (SSSR count). The molecule has 0 radical (unpaired) electrons. The fourth-order valence-electron chi connectivity index (χ4n) is 0.716. The summed E-state index contributed by atoms with van der Waals surface area (Å²) in [5, 5.41) is 0. The van der Waals surface area contributed by atoms with Crippen LogP contribution >= 0.6 is 0 Å². The molecule has 0 saturated carbocycles. The zero-order valence-corrected chi connectivity index (χ0v) is 4.68. The third kappa shape index (κ3) is 1.12. The Hall–Kier alpha value is -0.720. The van der Waals surface area contributed by atoms with Crippen molar-refractivity contribution in [2.75, 3.05) is 0 Å². The number of nitrogens with two attached hydrogens (primary N) is 1. The monoisotopic (exact) mass is 111 g/mol. The van der Waals surface area contributed by atoms with Crippen molar-refractivity contribution in [2.45, 2.75) is 19.3 Å². The second-order valence-corrected chi connectivity index (χ2v) is 1.78. The van der Waals surface area contributed by atoms with E-state index in [2.05, 4.69) is 10.6 Å². The van der Waals surface area contributed by atoms with Crippen molar-refractivity contribution in [1.29, 1.82) is 0 Å². The van der Waals surface area contributed by atoms with Crippen molar-refractivity contribution in [1.82, 2.24) is 0 Å². The second-order valence-electron chi connectivity index (χ2n) is 1.78. The maximum Gasteiger partial charge on any atom is 0.165 e. The van der Waals surface area contributed by atoms with Crippen molar-refractivity contribution in [3.05, 3.63) is 17.6 Å². The summed E-state index contributed by atoms with van der Waals surface area (Å²) in [4.78, 5) is 4.47. The van der Waals surface area contributed by atoms with Crippen LogP contribution in [0.15, 0.2) is 17.6 Å². The molecule has 44 valence electrons. The fraction of sp³-hybridized carbons (Fsp3) is 0.500. The van der Waals surface area contributed by atoms with Crippen LogP contribution in [0.3, 0.4) is 0 Å². The summed E-state index contributed by atoms with van der Waals surface area (Å²) >= 11 is 0. The van der Waals surface area contributed by atoms with E-state index in [9.17, 15) is 0 Å². The highest BCUT2D eigenvalue weighted by molar-refractivity contribution is 4.97. The summed E-state index contributed by atoms with van der Waals surface area (Å²) in [6.45, 7) is 0. The van der Waals surface area contributed by atoms with Gasteiger partial charge in [-0.25, -0.2) is 0 Å². The average molecular weight is 111 g/mol. The number of hydrogen-bond acceptors (Lipinski definition) is 2. The van der Waals surface area contributed by atoms with Gasteiger partial charge in [0.15, 0.2) is 5.76 Å². The first kappa shape index (κ1) is 5.42. The predicted molar refractivity (Wildman–Crippen MR) is 30.7 cm³/mol. The van der Waals surface area contributed by atoms with Gasteiger partial charge >= 0.3 is 0 Å². The zero-order valence-electron chi connectivity index (χ0n) is 4.68. The van der Waals surface area contributed by atoms with Gasteiger partial charge in [0.25, 0.3) is 0 Å². The molecule has 0 spiro atoms. The molecular formula is C6H9NO. The van der Waals surface area contributed by atoms with Crippen molar-refractivity contribution in [3.8, 4) is 0 Å². The smallest absolute Gasteiger partial charge is 0.165 e. The van der Waals surface area contributed by atoms with E-state index < -0.39 is 0 Å². The largest absolute Gasteiger partial charge is 0.408 e. The molecule has 0 saturated heterocycles. The highest BCUT2D eigenvalue weighted by Gasteiger charge is 1.97. The minimum absolute atomic E-state index is 0.774. The van der Waals surface area contributed by atoms with Crippen LogP contribution in [0.2, 0.25) is 0 Å². The molecule has 0 atom stereocenters.